The van der Waals surface area contributed by atoms with Crippen molar-refractivity contribution in [3.05, 3.63) is 47.5 Å². The highest BCUT2D eigenvalue weighted by Crippen LogP contribution is 2.34. The molecule has 2 nitrogen and oxygen atoms in total. The molecule has 4 rings (SSSR count). The lowest BCUT2D eigenvalue weighted by Crippen LogP contribution is -2.29. The molecule has 2 aromatic carbocycles. The Morgan fingerprint density at radius 2 is 1.08 bits per heavy atom. The number of piperidine rings is 1. The molecule has 24 heavy (non-hydrogen) atoms. The minimum absolute atomic E-state index is 0.797. The summed E-state index contributed by atoms with van der Waals surface area (Å²) in [5.74, 6) is 0. The number of anilines is 2. The zero-order valence-corrected chi connectivity index (χ0v) is 14.9. The smallest absolute Gasteiger partial charge is 0.0406 e. The number of benzene rings is 2. The largest absolute Gasteiger partial charge is 0.371 e. The van der Waals surface area contributed by atoms with Crippen LogP contribution in [-0.4, -0.2) is 26.2 Å². The van der Waals surface area contributed by atoms with Crippen molar-refractivity contribution in [1.82, 2.24) is 0 Å². The van der Waals surface area contributed by atoms with Crippen LogP contribution in [0.3, 0.4) is 0 Å². The Bertz CT molecular complexity index is 683. The lowest BCUT2D eigenvalue weighted by Gasteiger charge is -2.30. The topological polar surface area (TPSA) is 6.48 Å². The number of hydrogen-bond acceptors (Lipinski definition) is 2. The number of rotatable bonds is 3. The first-order chi connectivity index (χ1) is 11.8. The van der Waals surface area contributed by atoms with Gasteiger partial charge in [-0.1, -0.05) is 23.7 Å². The summed E-state index contributed by atoms with van der Waals surface area (Å²) in [7, 11) is 0. The van der Waals surface area contributed by atoms with Crippen molar-refractivity contribution in [2.75, 3.05) is 36.0 Å². The molecule has 0 atom stereocenters. The third-order valence-corrected chi connectivity index (χ3v) is 5.52. The van der Waals surface area contributed by atoms with E-state index in [0.717, 1.165) is 5.02 Å². The van der Waals surface area contributed by atoms with Gasteiger partial charge in [-0.05, 0) is 73.6 Å². The van der Waals surface area contributed by atoms with E-state index < -0.39 is 0 Å². The average Bonchev–Trinajstić information content (AvgIpc) is 3.17. The molecule has 2 saturated heterocycles. The van der Waals surface area contributed by atoms with E-state index in [1.807, 2.05) is 12.1 Å². The highest BCUT2D eigenvalue weighted by molar-refractivity contribution is 6.30. The van der Waals surface area contributed by atoms with Crippen LogP contribution in [0, 0.1) is 0 Å². The minimum atomic E-state index is 0.797. The minimum Gasteiger partial charge on any atom is -0.371 e. The molecule has 126 valence electrons. The van der Waals surface area contributed by atoms with E-state index in [-0.39, 0.29) is 0 Å². The molecular formula is C21H25ClN2. The van der Waals surface area contributed by atoms with Crippen molar-refractivity contribution >= 4 is 23.0 Å². The first kappa shape index (κ1) is 15.8. The van der Waals surface area contributed by atoms with E-state index in [0.29, 0.717) is 0 Å². The third kappa shape index (κ3) is 3.39. The molecule has 0 N–H and O–H groups in total. The fourth-order valence-corrected chi connectivity index (χ4v) is 4.02. The summed E-state index contributed by atoms with van der Waals surface area (Å²) in [6, 6.07) is 15.3. The van der Waals surface area contributed by atoms with Crippen LogP contribution in [0.5, 0.6) is 0 Å². The SMILES string of the molecule is Clc1ccc(-c2cc(N3CCCCC3)cc(N3CCCC3)c2)cc1. The first-order valence-electron chi connectivity index (χ1n) is 9.20. The van der Waals surface area contributed by atoms with Crippen molar-refractivity contribution < 1.29 is 0 Å². The van der Waals surface area contributed by atoms with Gasteiger partial charge in [-0.15, -0.1) is 0 Å². The van der Waals surface area contributed by atoms with E-state index in [1.54, 1.807) is 0 Å². The summed E-state index contributed by atoms with van der Waals surface area (Å²) in [6.45, 7) is 4.74. The molecule has 2 aliphatic heterocycles. The maximum atomic E-state index is 6.07. The Kier molecular flexibility index (Phi) is 4.66. The van der Waals surface area contributed by atoms with Gasteiger partial charge in [-0.3, -0.25) is 0 Å². The van der Waals surface area contributed by atoms with Crippen molar-refractivity contribution in [2.24, 2.45) is 0 Å². The molecule has 0 unspecified atom stereocenters. The molecule has 0 amide bonds. The molecule has 0 aliphatic carbocycles. The summed E-state index contributed by atoms with van der Waals surface area (Å²) in [5.41, 5.74) is 5.31. The predicted molar refractivity (Wildman–Crippen MR) is 104 cm³/mol. The van der Waals surface area contributed by atoms with Gasteiger partial charge < -0.3 is 9.80 Å². The highest BCUT2D eigenvalue weighted by Gasteiger charge is 2.17. The maximum Gasteiger partial charge on any atom is 0.0406 e. The second-order valence-electron chi connectivity index (χ2n) is 6.99. The second kappa shape index (κ2) is 7.06. The van der Waals surface area contributed by atoms with Gasteiger partial charge in [0, 0.05) is 42.6 Å². The van der Waals surface area contributed by atoms with Gasteiger partial charge in [0.1, 0.15) is 0 Å². The Morgan fingerprint density at radius 1 is 0.583 bits per heavy atom. The van der Waals surface area contributed by atoms with Gasteiger partial charge in [0.25, 0.3) is 0 Å². The fraction of sp³-hybridized carbons (Fsp3) is 0.429. The number of halogens is 1. The number of hydrogen-bond donors (Lipinski definition) is 0. The van der Waals surface area contributed by atoms with Crippen LogP contribution in [0.2, 0.25) is 5.02 Å². The van der Waals surface area contributed by atoms with Crippen LogP contribution in [0.1, 0.15) is 32.1 Å². The summed E-state index contributed by atoms with van der Waals surface area (Å²) in [6.07, 6.45) is 6.61. The van der Waals surface area contributed by atoms with Crippen LogP contribution in [-0.2, 0) is 0 Å². The molecule has 0 aromatic heterocycles. The van der Waals surface area contributed by atoms with Crippen molar-refractivity contribution in [1.29, 1.82) is 0 Å². The van der Waals surface area contributed by atoms with Crippen LogP contribution in [0.25, 0.3) is 11.1 Å². The van der Waals surface area contributed by atoms with Crippen LogP contribution < -0.4 is 9.80 Å². The van der Waals surface area contributed by atoms with Gasteiger partial charge in [-0.2, -0.15) is 0 Å². The summed E-state index contributed by atoms with van der Waals surface area (Å²) >= 11 is 6.07. The van der Waals surface area contributed by atoms with Crippen molar-refractivity contribution in [3.8, 4) is 11.1 Å². The predicted octanol–water partition coefficient (Wildman–Crippen LogP) is 5.60. The highest BCUT2D eigenvalue weighted by atomic mass is 35.5. The third-order valence-electron chi connectivity index (χ3n) is 5.27. The van der Waals surface area contributed by atoms with Gasteiger partial charge in [-0.25, -0.2) is 0 Å². The second-order valence-corrected chi connectivity index (χ2v) is 7.42. The standard InChI is InChI=1S/C21H25ClN2/c22-19-8-6-17(7-9-19)18-14-20(23-10-2-1-3-11-23)16-21(15-18)24-12-4-5-13-24/h6-9,14-16H,1-5,10-13H2. The molecule has 0 bridgehead atoms. The van der Waals surface area contributed by atoms with E-state index in [9.17, 15) is 0 Å². The Labute approximate surface area is 150 Å². The monoisotopic (exact) mass is 340 g/mol. The Morgan fingerprint density at radius 3 is 1.62 bits per heavy atom. The lowest BCUT2D eigenvalue weighted by molar-refractivity contribution is 0.578. The van der Waals surface area contributed by atoms with Crippen LogP contribution in [0.15, 0.2) is 42.5 Å². The zero-order chi connectivity index (χ0) is 16.4. The molecular weight excluding hydrogens is 316 g/mol. The maximum absolute atomic E-state index is 6.07. The molecule has 0 saturated carbocycles. The summed E-state index contributed by atoms with van der Waals surface area (Å²) in [5, 5.41) is 0.797. The van der Waals surface area contributed by atoms with Crippen molar-refractivity contribution in [3.63, 3.8) is 0 Å². The Hall–Kier alpha value is -1.67. The van der Waals surface area contributed by atoms with Crippen LogP contribution >= 0.6 is 11.6 Å². The Balaban J connectivity index is 1.73. The van der Waals surface area contributed by atoms with E-state index in [2.05, 4.69) is 40.1 Å². The van der Waals surface area contributed by atoms with E-state index in [1.165, 1.54) is 80.8 Å². The van der Waals surface area contributed by atoms with Gasteiger partial charge in [0.2, 0.25) is 0 Å². The molecule has 0 radical (unpaired) electrons. The van der Waals surface area contributed by atoms with E-state index >= 15 is 0 Å². The van der Waals surface area contributed by atoms with E-state index in [4.69, 9.17) is 11.6 Å². The number of nitrogens with zero attached hydrogens (tertiary/aromatic N) is 2. The summed E-state index contributed by atoms with van der Waals surface area (Å²) < 4.78 is 0. The average molecular weight is 341 g/mol. The van der Waals surface area contributed by atoms with Crippen molar-refractivity contribution in [2.45, 2.75) is 32.1 Å². The molecule has 2 aromatic rings. The molecule has 2 heterocycles. The molecule has 0 spiro atoms. The van der Waals surface area contributed by atoms with Gasteiger partial charge >= 0.3 is 0 Å². The zero-order valence-electron chi connectivity index (χ0n) is 14.2. The van der Waals surface area contributed by atoms with Crippen LogP contribution in [0.4, 0.5) is 11.4 Å². The first-order valence-corrected chi connectivity index (χ1v) is 9.58. The normalized spacial score (nSPS) is 18.2. The molecule has 2 aliphatic rings. The summed E-state index contributed by atoms with van der Waals surface area (Å²) in [4.78, 5) is 5.09. The molecule has 3 heteroatoms. The fourth-order valence-electron chi connectivity index (χ4n) is 3.90. The van der Waals surface area contributed by atoms with Gasteiger partial charge in [0.05, 0.1) is 0 Å². The lowest BCUT2D eigenvalue weighted by atomic mass is 10.0. The molecule has 2 fully saturated rings. The quantitative estimate of drug-likeness (QED) is 0.717. The van der Waals surface area contributed by atoms with Gasteiger partial charge in [0.15, 0.2) is 0 Å².